The maximum atomic E-state index is 13.1. The first-order chi connectivity index (χ1) is 13.9. The van der Waals surface area contributed by atoms with Crippen LogP contribution in [0.3, 0.4) is 0 Å². The highest BCUT2D eigenvalue weighted by Crippen LogP contribution is 2.37. The van der Waals surface area contributed by atoms with Gasteiger partial charge in [0.25, 0.3) is 5.91 Å². The zero-order valence-corrected chi connectivity index (χ0v) is 17.8. The van der Waals surface area contributed by atoms with E-state index in [9.17, 15) is 14.4 Å². The van der Waals surface area contributed by atoms with Crippen molar-refractivity contribution in [3.05, 3.63) is 34.6 Å². The first-order valence-electron chi connectivity index (χ1n) is 10.1. The quantitative estimate of drug-likeness (QED) is 0.598. The number of carbonyl (C=O) groups excluding carboxylic acids is 3. The van der Waals surface area contributed by atoms with Crippen LogP contribution in [-0.4, -0.2) is 44.3 Å². The number of aryl methyl sites for hydroxylation is 1. The van der Waals surface area contributed by atoms with Gasteiger partial charge in [0.15, 0.2) is 10.9 Å². The predicted octanol–water partition coefficient (Wildman–Crippen LogP) is 3.62. The predicted molar refractivity (Wildman–Crippen MR) is 110 cm³/mol. The van der Waals surface area contributed by atoms with Crippen LogP contribution in [0.5, 0.6) is 0 Å². The maximum absolute atomic E-state index is 13.1. The summed E-state index contributed by atoms with van der Waals surface area (Å²) in [6.07, 6.45) is 5.98. The first kappa shape index (κ1) is 19.8. The van der Waals surface area contributed by atoms with Crippen LogP contribution in [0.1, 0.15) is 60.8 Å². The van der Waals surface area contributed by atoms with Gasteiger partial charge in [-0.05, 0) is 51.5 Å². The number of urea groups is 1. The summed E-state index contributed by atoms with van der Waals surface area (Å²) < 4.78 is 1.93. The molecule has 1 saturated carbocycles. The Kier molecular flexibility index (Phi) is 5.06. The largest absolute Gasteiger partial charge is 0.325 e. The summed E-state index contributed by atoms with van der Waals surface area (Å²) in [4.78, 5) is 44.1. The fourth-order valence-electron chi connectivity index (χ4n) is 4.63. The van der Waals surface area contributed by atoms with Crippen molar-refractivity contribution in [2.24, 2.45) is 5.92 Å². The molecule has 1 aliphatic heterocycles. The van der Waals surface area contributed by atoms with Gasteiger partial charge < -0.3 is 5.32 Å². The fraction of sp³-hybridized carbons (Fsp3) is 0.524. The number of ketones is 1. The highest BCUT2D eigenvalue weighted by Gasteiger charge is 2.52. The summed E-state index contributed by atoms with van der Waals surface area (Å²) in [5.41, 5.74) is 1.37. The van der Waals surface area contributed by atoms with Crippen LogP contribution >= 0.6 is 11.3 Å². The number of Topliss-reactive ketones (excluding diaryl/α,β-unsaturated/α-hetero) is 1. The molecule has 1 saturated heterocycles. The van der Waals surface area contributed by atoms with Gasteiger partial charge in [-0.3, -0.25) is 19.1 Å². The van der Waals surface area contributed by atoms with Crippen LogP contribution in [0.2, 0.25) is 0 Å². The summed E-state index contributed by atoms with van der Waals surface area (Å²) in [6.45, 7) is 5.71. The molecular weight excluding hydrogens is 388 g/mol. The molecule has 0 atom stereocenters. The van der Waals surface area contributed by atoms with Gasteiger partial charge in [0.05, 0.1) is 6.54 Å². The van der Waals surface area contributed by atoms with Gasteiger partial charge in [-0.25, -0.2) is 9.78 Å². The SMILES string of the molecule is CCC1CCC2(CC1)NC(=O)N(CC(=O)c1cc(C)n(-c3nccs3)c1C)C2=O. The molecule has 0 aromatic carbocycles. The molecule has 154 valence electrons. The van der Waals surface area contributed by atoms with E-state index in [4.69, 9.17) is 0 Å². The molecule has 1 aliphatic carbocycles. The van der Waals surface area contributed by atoms with Gasteiger partial charge in [-0.15, -0.1) is 11.3 Å². The van der Waals surface area contributed by atoms with Crippen LogP contribution in [0.25, 0.3) is 5.13 Å². The molecule has 0 bridgehead atoms. The summed E-state index contributed by atoms with van der Waals surface area (Å²) >= 11 is 1.49. The Labute approximate surface area is 174 Å². The van der Waals surface area contributed by atoms with E-state index in [1.807, 2.05) is 23.8 Å². The summed E-state index contributed by atoms with van der Waals surface area (Å²) in [5.74, 6) is 0.125. The molecule has 3 heterocycles. The minimum atomic E-state index is -0.819. The number of rotatable bonds is 5. The molecule has 8 heteroatoms. The van der Waals surface area contributed by atoms with Crippen LogP contribution in [0.15, 0.2) is 17.6 Å². The Morgan fingerprint density at radius 3 is 2.66 bits per heavy atom. The van der Waals surface area contributed by atoms with E-state index >= 15 is 0 Å². The van der Waals surface area contributed by atoms with Crippen LogP contribution in [0, 0.1) is 19.8 Å². The monoisotopic (exact) mass is 414 g/mol. The molecule has 1 spiro atoms. The van der Waals surface area contributed by atoms with Crippen molar-refractivity contribution < 1.29 is 14.4 Å². The lowest BCUT2D eigenvalue weighted by Crippen LogP contribution is -2.49. The number of nitrogens with one attached hydrogen (secondary N) is 1. The second kappa shape index (κ2) is 7.40. The van der Waals surface area contributed by atoms with E-state index in [1.54, 1.807) is 12.3 Å². The van der Waals surface area contributed by atoms with Crippen molar-refractivity contribution in [3.63, 3.8) is 0 Å². The summed E-state index contributed by atoms with van der Waals surface area (Å²) in [5, 5.41) is 5.57. The molecular formula is C21H26N4O3S. The van der Waals surface area contributed by atoms with E-state index in [0.717, 1.165) is 40.7 Å². The lowest BCUT2D eigenvalue weighted by molar-refractivity contribution is -0.132. The highest BCUT2D eigenvalue weighted by atomic mass is 32.1. The molecule has 1 N–H and O–H groups in total. The molecule has 0 radical (unpaired) electrons. The van der Waals surface area contributed by atoms with Crippen LogP contribution in [0.4, 0.5) is 4.79 Å². The number of hydrogen-bond acceptors (Lipinski definition) is 5. The van der Waals surface area contributed by atoms with Crippen molar-refractivity contribution in [3.8, 4) is 5.13 Å². The third kappa shape index (κ3) is 3.29. The van der Waals surface area contributed by atoms with Crippen molar-refractivity contribution in [2.45, 2.75) is 58.4 Å². The van der Waals surface area contributed by atoms with Gasteiger partial charge in [-0.2, -0.15) is 0 Å². The Balaban J connectivity index is 1.53. The van der Waals surface area contributed by atoms with Crippen molar-refractivity contribution in [2.75, 3.05) is 6.54 Å². The van der Waals surface area contributed by atoms with Crippen molar-refractivity contribution >= 4 is 29.1 Å². The fourth-order valence-corrected chi connectivity index (χ4v) is 5.38. The standard InChI is InChI=1S/C21H26N4O3S/c1-4-15-5-7-21(8-6-15)18(27)24(19(28)23-21)12-17(26)16-11-13(2)25(14(16)3)20-22-9-10-29-20/h9-11,15H,4-8,12H2,1-3H3,(H,23,28). The van der Waals surface area contributed by atoms with Gasteiger partial charge in [0.2, 0.25) is 0 Å². The van der Waals surface area contributed by atoms with Crippen molar-refractivity contribution in [1.29, 1.82) is 0 Å². The van der Waals surface area contributed by atoms with Crippen molar-refractivity contribution in [1.82, 2.24) is 19.8 Å². The second-order valence-electron chi connectivity index (χ2n) is 8.11. The van der Waals surface area contributed by atoms with Crippen LogP contribution in [-0.2, 0) is 4.79 Å². The Bertz CT molecular complexity index is 955. The van der Waals surface area contributed by atoms with E-state index in [-0.39, 0.29) is 18.2 Å². The molecule has 29 heavy (non-hydrogen) atoms. The number of imide groups is 1. The number of aromatic nitrogens is 2. The number of thiazole rings is 1. The van der Waals surface area contributed by atoms with E-state index in [2.05, 4.69) is 17.2 Å². The molecule has 2 aliphatic rings. The van der Waals surface area contributed by atoms with Gasteiger partial charge in [0.1, 0.15) is 5.54 Å². The smallest absolute Gasteiger partial charge is 0.323 e. The molecule has 0 unspecified atom stereocenters. The average Bonchev–Trinajstić information content (AvgIpc) is 3.38. The number of carbonyl (C=O) groups is 3. The average molecular weight is 415 g/mol. The number of amides is 3. The zero-order chi connectivity index (χ0) is 20.8. The van der Waals surface area contributed by atoms with Gasteiger partial charge in [0, 0.05) is 28.5 Å². The number of nitrogens with zero attached hydrogens (tertiary/aromatic N) is 3. The molecule has 2 fully saturated rings. The minimum Gasteiger partial charge on any atom is -0.323 e. The Morgan fingerprint density at radius 1 is 1.31 bits per heavy atom. The van der Waals surface area contributed by atoms with E-state index in [1.165, 1.54) is 11.3 Å². The maximum Gasteiger partial charge on any atom is 0.325 e. The summed E-state index contributed by atoms with van der Waals surface area (Å²) in [7, 11) is 0. The zero-order valence-electron chi connectivity index (χ0n) is 17.0. The Morgan fingerprint density at radius 2 is 2.03 bits per heavy atom. The molecule has 2 aromatic rings. The van der Waals surface area contributed by atoms with E-state index < -0.39 is 11.6 Å². The van der Waals surface area contributed by atoms with Gasteiger partial charge in [-0.1, -0.05) is 13.3 Å². The normalized spacial score (nSPS) is 24.4. The third-order valence-corrected chi connectivity index (χ3v) is 7.18. The molecule has 3 amide bonds. The Hall–Kier alpha value is -2.48. The first-order valence-corrected chi connectivity index (χ1v) is 11.0. The third-order valence-electron chi connectivity index (χ3n) is 6.43. The molecule has 4 rings (SSSR count). The molecule has 2 aromatic heterocycles. The summed E-state index contributed by atoms with van der Waals surface area (Å²) in [6, 6.07) is 1.35. The second-order valence-corrected chi connectivity index (χ2v) is 8.99. The topological polar surface area (TPSA) is 84.3 Å². The van der Waals surface area contributed by atoms with Gasteiger partial charge >= 0.3 is 6.03 Å². The lowest BCUT2D eigenvalue weighted by Gasteiger charge is -2.34. The molecule has 7 nitrogen and oxygen atoms in total. The van der Waals surface area contributed by atoms with E-state index in [0.29, 0.717) is 24.3 Å². The highest BCUT2D eigenvalue weighted by molar-refractivity contribution is 7.12. The number of hydrogen-bond donors (Lipinski definition) is 1. The van der Waals surface area contributed by atoms with Crippen LogP contribution < -0.4 is 5.32 Å². The minimum absolute atomic E-state index is 0.230. The lowest BCUT2D eigenvalue weighted by atomic mass is 9.75.